The molecule has 0 bridgehead atoms. The summed E-state index contributed by atoms with van der Waals surface area (Å²) in [6.45, 7) is 8.31. The second-order valence-corrected chi connectivity index (χ2v) is 5.97. The Labute approximate surface area is 121 Å². The van der Waals surface area contributed by atoms with Gasteiger partial charge in [0.15, 0.2) is 0 Å². The van der Waals surface area contributed by atoms with Crippen LogP contribution in [0.25, 0.3) is 0 Å². The average molecular weight is 286 g/mol. The number of hydrogen-bond acceptors (Lipinski definition) is 3. The molecule has 0 radical (unpaired) electrons. The number of rotatable bonds is 7. The van der Waals surface area contributed by atoms with Crippen molar-refractivity contribution < 1.29 is 9.47 Å². The number of ether oxygens (including phenoxy) is 2. The molecule has 1 N–H and O–H groups in total. The van der Waals surface area contributed by atoms with Gasteiger partial charge in [-0.25, -0.2) is 0 Å². The van der Waals surface area contributed by atoms with Gasteiger partial charge in [-0.1, -0.05) is 23.7 Å². The van der Waals surface area contributed by atoms with E-state index in [0.717, 1.165) is 17.1 Å². The first-order chi connectivity index (χ1) is 8.92. The highest BCUT2D eigenvalue weighted by Gasteiger charge is 2.16. The van der Waals surface area contributed by atoms with E-state index in [-0.39, 0.29) is 11.6 Å². The lowest BCUT2D eigenvalue weighted by Crippen LogP contribution is -2.39. The fraction of sp³-hybridized carbons (Fsp3) is 0.600. The van der Waals surface area contributed by atoms with Crippen molar-refractivity contribution in [2.75, 3.05) is 26.9 Å². The van der Waals surface area contributed by atoms with Crippen molar-refractivity contribution in [2.24, 2.45) is 0 Å². The molecule has 4 heteroatoms. The van der Waals surface area contributed by atoms with Crippen molar-refractivity contribution in [1.29, 1.82) is 0 Å². The zero-order valence-corrected chi connectivity index (χ0v) is 13.0. The largest absolute Gasteiger partial charge is 0.382 e. The van der Waals surface area contributed by atoms with Crippen LogP contribution in [0.5, 0.6) is 0 Å². The first kappa shape index (κ1) is 16.4. The minimum absolute atomic E-state index is 0.0203. The highest BCUT2D eigenvalue weighted by molar-refractivity contribution is 6.30. The number of halogens is 1. The van der Waals surface area contributed by atoms with Crippen molar-refractivity contribution in [3.8, 4) is 0 Å². The van der Waals surface area contributed by atoms with Crippen molar-refractivity contribution in [3.05, 3.63) is 34.9 Å². The van der Waals surface area contributed by atoms with Gasteiger partial charge in [-0.15, -0.1) is 0 Å². The van der Waals surface area contributed by atoms with E-state index in [1.165, 1.54) is 0 Å². The monoisotopic (exact) mass is 285 g/mol. The van der Waals surface area contributed by atoms with Crippen LogP contribution in [0.2, 0.25) is 5.02 Å². The lowest BCUT2D eigenvalue weighted by molar-refractivity contribution is 0.0139. The second-order valence-electron chi connectivity index (χ2n) is 5.54. The lowest BCUT2D eigenvalue weighted by Gasteiger charge is -2.26. The van der Waals surface area contributed by atoms with Gasteiger partial charge in [0.25, 0.3) is 0 Å². The first-order valence-electron chi connectivity index (χ1n) is 6.53. The van der Waals surface area contributed by atoms with Crippen LogP contribution in [0.3, 0.4) is 0 Å². The lowest BCUT2D eigenvalue weighted by atomic mass is 10.1. The van der Waals surface area contributed by atoms with Gasteiger partial charge in [0, 0.05) is 24.2 Å². The fourth-order valence-corrected chi connectivity index (χ4v) is 1.85. The molecule has 0 aliphatic rings. The molecule has 0 saturated heterocycles. The Balaban J connectivity index is 2.68. The molecule has 0 spiro atoms. The van der Waals surface area contributed by atoms with Gasteiger partial charge >= 0.3 is 0 Å². The van der Waals surface area contributed by atoms with Crippen molar-refractivity contribution >= 4 is 11.6 Å². The van der Waals surface area contributed by atoms with E-state index in [2.05, 4.69) is 26.1 Å². The third kappa shape index (κ3) is 6.92. The summed E-state index contributed by atoms with van der Waals surface area (Å²) in [5, 5.41) is 4.19. The Kier molecular flexibility index (Phi) is 6.80. The van der Waals surface area contributed by atoms with Gasteiger partial charge in [0.1, 0.15) is 0 Å². The molecule has 0 fully saturated rings. The maximum atomic E-state index is 6.04. The molecule has 0 saturated carbocycles. The van der Waals surface area contributed by atoms with Crippen LogP contribution in [0.1, 0.15) is 32.4 Å². The van der Waals surface area contributed by atoms with Gasteiger partial charge in [0.05, 0.1) is 19.3 Å². The van der Waals surface area contributed by atoms with E-state index >= 15 is 0 Å². The van der Waals surface area contributed by atoms with Gasteiger partial charge < -0.3 is 14.8 Å². The van der Waals surface area contributed by atoms with Crippen molar-refractivity contribution in [2.45, 2.75) is 32.4 Å². The average Bonchev–Trinajstić information content (AvgIpc) is 2.32. The van der Waals surface area contributed by atoms with Gasteiger partial charge in [-0.2, -0.15) is 0 Å². The normalized spacial score (nSPS) is 13.5. The minimum atomic E-state index is -0.0203. The number of hydrogen-bond donors (Lipinski definition) is 1. The van der Waals surface area contributed by atoms with E-state index in [9.17, 15) is 0 Å². The standard InChI is InChI=1S/C15H24ClNO2/c1-15(2,3)17-11-14(19-9-8-18-4)12-6-5-7-13(16)10-12/h5-7,10,14,17H,8-9,11H2,1-4H3. The molecule has 0 aliphatic carbocycles. The van der Waals surface area contributed by atoms with Crippen LogP contribution in [-0.4, -0.2) is 32.4 Å². The van der Waals surface area contributed by atoms with Crippen LogP contribution in [0, 0.1) is 0 Å². The molecule has 1 rings (SSSR count). The molecule has 0 amide bonds. The molecule has 0 heterocycles. The van der Waals surface area contributed by atoms with E-state index in [1.807, 2.05) is 24.3 Å². The van der Waals surface area contributed by atoms with Crippen LogP contribution in [0.15, 0.2) is 24.3 Å². The minimum Gasteiger partial charge on any atom is -0.382 e. The Morgan fingerprint density at radius 3 is 2.58 bits per heavy atom. The van der Waals surface area contributed by atoms with E-state index in [0.29, 0.717) is 13.2 Å². The smallest absolute Gasteiger partial charge is 0.0951 e. The molecule has 3 nitrogen and oxygen atoms in total. The van der Waals surface area contributed by atoms with Crippen molar-refractivity contribution in [1.82, 2.24) is 5.32 Å². The molecule has 1 aromatic rings. The molecular weight excluding hydrogens is 262 g/mol. The summed E-state index contributed by atoms with van der Waals surface area (Å²) in [6.07, 6.45) is -0.0203. The predicted molar refractivity (Wildman–Crippen MR) is 79.8 cm³/mol. The number of nitrogens with one attached hydrogen (secondary N) is 1. The Hall–Kier alpha value is -0.610. The van der Waals surface area contributed by atoms with E-state index < -0.39 is 0 Å². The summed E-state index contributed by atoms with van der Waals surface area (Å²) in [5.41, 5.74) is 1.14. The van der Waals surface area contributed by atoms with Crippen LogP contribution in [0.4, 0.5) is 0 Å². The third-order valence-electron chi connectivity index (χ3n) is 2.64. The molecule has 0 aromatic heterocycles. The molecule has 19 heavy (non-hydrogen) atoms. The third-order valence-corrected chi connectivity index (χ3v) is 2.88. The highest BCUT2D eigenvalue weighted by Crippen LogP contribution is 2.21. The molecule has 1 aromatic carbocycles. The van der Waals surface area contributed by atoms with Gasteiger partial charge in [-0.05, 0) is 38.5 Å². The Morgan fingerprint density at radius 1 is 1.26 bits per heavy atom. The highest BCUT2D eigenvalue weighted by atomic mass is 35.5. The fourth-order valence-electron chi connectivity index (χ4n) is 1.65. The molecular formula is C15H24ClNO2. The zero-order chi connectivity index (χ0) is 14.3. The first-order valence-corrected chi connectivity index (χ1v) is 6.91. The second kappa shape index (κ2) is 7.85. The van der Waals surface area contributed by atoms with Gasteiger partial charge in [-0.3, -0.25) is 0 Å². The van der Waals surface area contributed by atoms with E-state index in [1.54, 1.807) is 7.11 Å². The molecule has 0 aliphatic heterocycles. The summed E-state index contributed by atoms with van der Waals surface area (Å²) in [7, 11) is 1.67. The number of benzene rings is 1. The van der Waals surface area contributed by atoms with Crippen molar-refractivity contribution in [3.63, 3.8) is 0 Å². The SMILES string of the molecule is COCCOC(CNC(C)(C)C)c1cccc(Cl)c1. The molecule has 1 atom stereocenters. The maximum Gasteiger partial charge on any atom is 0.0951 e. The Bertz CT molecular complexity index is 377. The zero-order valence-electron chi connectivity index (χ0n) is 12.2. The summed E-state index contributed by atoms with van der Waals surface area (Å²) in [6, 6.07) is 7.80. The Morgan fingerprint density at radius 2 is 2.00 bits per heavy atom. The van der Waals surface area contributed by atoms with Gasteiger partial charge in [0.2, 0.25) is 0 Å². The van der Waals surface area contributed by atoms with Crippen LogP contribution >= 0.6 is 11.6 Å². The predicted octanol–water partition coefficient (Wildman–Crippen LogP) is 3.43. The molecule has 108 valence electrons. The van der Waals surface area contributed by atoms with E-state index in [4.69, 9.17) is 21.1 Å². The summed E-state index contributed by atoms with van der Waals surface area (Å²) >= 11 is 6.04. The summed E-state index contributed by atoms with van der Waals surface area (Å²) < 4.78 is 10.9. The van der Waals surface area contributed by atoms with Crippen LogP contribution < -0.4 is 5.32 Å². The van der Waals surface area contributed by atoms with Crippen LogP contribution in [-0.2, 0) is 9.47 Å². The quantitative estimate of drug-likeness (QED) is 0.779. The maximum absolute atomic E-state index is 6.04. The summed E-state index contributed by atoms with van der Waals surface area (Å²) in [5.74, 6) is 0. The topological polar surface area (TPSA) is 30.5 Å². The number of methoxy groups -OCH3 is 1. The molecule has 1 unspecified atom stereocenters. The summed E-state index contributed by atoms with van der Waals surface area (Å²) in [4.78, 5) is 0.